The number of nitrogens with zero attached hydrogens (tertiary/aromatic N) is 2. The molecule has 0 saturated carbocycles. The van der Waals surface area contributed by atoms with Gasteiger partial charge in [-0.05, 0) is 36.4 Å². The first-order valence-corrected chi connectivity index (χ1v) is 10.1. The minimum absolute atomic E-state index is 0.0666. The van der Waals surface area contributed by atoms with E-state index in [0.29, 0.717) is 17.3 Å². The maximum absolute atomic E-state index is 12.6. The monoisotopic (exact) mass is 444 g/mol. The van der Waals surface area contributed by atoms with Gasteiger partial charge in [0.2, 0.25) is 5.89 Å². The number of H-pyrrole nitrogens is 1. The summed E-state index contributed by atoms with van der Waals surface area (Å²) in [5.74, 6) is 0.564. The molecular formula is C18H13BrN4O3S. The molecule has 0 amide bonds. The van der Waals surface area contributed by atoms with Gasteiger partial charge in [-0.1, -0.05) is 40.2 Å². The van der Waals surface area contributed by atoms with Gasteiger partial charge < -0.3 is 9.40 Å². The average Bonchev–Trinajstić information content (AvgIpc) is 3.32. The molecule has 2 N–H and O–H groups in total. The summed E-state index contributed by atoms with van der Waals surface area (Å²) in [6.45, 7) is 0. The lowest BCUT2D eigenvalue weighted by Crippen LogP contribution is -2.12. The fourth-order valence-corrected chi connectivity index (χ4v) is 3.89. The highest BCUT2D eigenvalue weighted by Crippen LogP contribution is 2.26. The van der Waals surface area contributed by atoms with Crippen LogP contribution in [-0.4, -0.2) is 23.6 Å². The third-order valence-corrected chi connectivity index (χ3v) is 5.57. The number of rotatable bonds is 5. The highest BCUT2D eigenvalue weighted by atomic mass is 79.9. The van der Waals surface area contributed by atoms with Gasteiger partial charge in [0, 0.05) is 21.9 Å². The van der Waals surface area contributed by atoms with Crippen molar-refractivity contribution in [3.8, 4) is 23.0 Å². The van der Waals surface area contributed by atoms with Crippen LogP contribution >= 0.6 is 15.9 Å². The Kier molecular flexibility index (Phi) is 4.54. The molecule has 27 heavy (non-hydrogen) atoms. The first kappa shape index (κ1) is 17.5. The topological polar surface area (TPSA) is 101 Å². The van der Waals surface area contributed by atoms with Gasteiger partial charge in [-0.15, -0.1) is 10.2 Å². The number of hydrogen-bond acceptors (Lipinski definition) is 5. The second kappa shape index (κ2) is 7.01. The normalized spacial score (nSPS) is 11.4. The van der Waals surface area contributed by atoms with Crippen molar-refractivity contribution in [3.63, 3.8) is 0 Å². The summed E-state index contributed by atoms with van der Waals surface area (Å²) in [5.41, 5.74) is 1.66. The molecule has 0 radical (unpaired) electrons. The molecule has 0 aliphatic rings. The Morgan fingerprint density at radius 2 is 1.74 bits per heavy atom. The maximum atomic E-state index is 12.6. The lowest BCUT2D eigenvalue weighted by Gasteiger charge is -2.06. The number of aromatic amines is 1. The SMILES string of the molecule is O=S(=O)(Nc1cccc(Br)c1)c1c[nH]c(-c2nnc(-c3ccccc3)o2)c1. The molecule has 0 aliphatic carbocycles. The van der Waals surface area contributed by atoms with E-state index in [9.17, 15) is 8.42 Å². The number of aromatic nitrogens is 3. The molecule has 0 bridgehead atoms. The van der Waals surface area contributed by atoms with Crippen molar-refractivity contribution in [1.82, 2.24) is 15.2 Å². The van der Waals surface area contributed by atoms with Crippen LogP contribution in [0, 0.1) is 0 Å². The second-order valence-corrected chi connectivity index (χ2v) is 8.24. The predicted molar refractivity (Wildman–Crippen MR) is 104 cm³/mol. The zero-order chi connectivity index (χ0) is 18.9. The van der Waals surface area contributed by atoms with E-state index in [-0.39, 0.29) is 10.8 Å². The Morgan fingerprint density at radius 1 is 0.963 bits per heavy atom. The first-order chi connectivity index (χ1) is 13.0. The number of anilines is 1. The van der Waals surface area contributed by atoms with Gasteiger partial charge in [-0.3, -0.25) is 4.72 Å². The highest BCUT2D eigenvalue weighted by molar-refractivity contribution is 9.10. The molecule has 136 valence electrons. The quantitative estimate of drug-likeness (QED) is 0.477. The molecule has 7 nitrogen and oxygen atoms in total. The maximum Gasteiger partial charge on any atom is 0.264 e. The van der Waals surface area contributed by atoms with Crippen LogP contribution in [-0.2, 0) is 10.0 Å². The van der Waals surface area contributed by atoms with Crippen LogP contribution in [0.4, 0.5) is 5.69 Å². The summed E-state index contributed by atoms with van der Waals surface area (Å²) in [6.07, 6.45) is 1.38. The van der Waals surface area contributed by atoms with E-state index in [1.807, 2.05) is 36.4 Å². The molecule has 0 spiro atoms. The molecule has 4 rings (SSSR count). The molecule has 0 saturated heterocycles. The van der Waals surface area contributed by atoms with E-state index in [0.717, 1.165) is 10.0 Å². The molecule has 2 aromatic heterocycles. The van der Waals surface area contributed by atoms with Gasteiger partial charge >= 0.3 is 0 Å². The summed E-state index contributed by atoms with van der Waals surface area (Å²) in [6, 6.07) is 17.7. The van der Waals surface area contributed by atoms with Gasteiger partial charge in [0.1, 0.15) is 10.6 Å². The minimum atomic E-state index is -3.75. The lowest BCUT2D eigenvalue weighted by atomic mass is 10.2. The van der Waals surface area contributed by atoms with Crippen LogP contribution in [0.1, 0.15) is 0 Å². The Hall–Kier alpha value is -2.91. The molecule has 0 unspecified atom stereocenters. The number of halogens is 1. The fraction of sp³-hybridized carbons (Fsp3) is 0. The summed E-state index contributed by atoms with van der Waals surface area (Å²) < 4.78 is 34.1. The number of benzene rings is 2. The number of hydrogen-bond donors (Lipinski definition) is 2. The summed E-state index contributed by atoms with van der Waals surface area (Å²) >= 11 is 3.31. The minimum Gasteiger partial charge on any atom is -0.415 e. The Labute approximate surface area is 163 Å². The van der Waals surface area contributed by atoms with E-state index in [4.69, 9.17) is 4.42 Å². The molecule has 2 heterocycles. The van der Waals surface area contributed by atoms with E-state index in [2.05, 4.69) is 35.8 Å². The summed E-state index contributed by atoms with van der Waals surface area (Å²) in [7, 11) is -3.75. The Balaban J connectivity index is 1.59. The lowest BCUT2D eigenvalue weighted by molar-refractivity contribution is 0.582. The van der Waals surface area contributed by atoms with Crippen LogP contribution in [0.25, 0.3) is 23.0 Å². The van der Waals surface area contributed by atoms with Gasteiger partial charge in [-0.2, -0.15) is 0 Å². The number of nitrogens with one attached hydrogen (secondary N) is 2. The molecule has 2 aromatic carbocycles. The van der Waals surface area contributed by atoms with Gasteiger partial charge in [0.05, 0.1) is 0 Å². The van der Waals surface area contributed by atoms with Crippen LogP contribution in [0.3, 0.4) is 0 Å². The molecule has 0 fully saturated rings. The Bertz CT molecular complexity index is 1190. The van der Waals surface area contributed by atoms with Crippen molar-refractivity contribution in [2.45, 2.75) is 4.90 Å². The summed E-state index contributed by atoms with van der Waals surface area (Å²) in [4.78, 5) is 2.93. The predicted octanol–water partition coefficient (Wildman–Crippen LogP) is 4.30. The van der Waals surface area contributed by atoms with Crippen molar-refractivity contribution in [2.24, 2.45) is 0 Å². The zero-order valence-corrected chi connectivity index (χ0v) is 16.2. The standard InChI is InChI=1S/C18H13BrN4O3S/c19-13-7-4-8-14(9-13)23-27(24,25)15-10-16(20-11-15)18-22-21-17(26-18)12-5-2-1-3-6-12/h1-11,20,23H. The van der Waals surface area contributed by atoms with E-state index < -0.39 is 10.0 Å². The van der Waals surface area contributed by atoms with Crippen molar-refractivity contribution >= 4 is 31.6 Å². The number of sulfonamides is 1. The van der Waals surface area contributed by atoms with E-state index in [1.54, 1.807) is 18.2 Å². The third-order valence-electron chi connectivity index (χ3n) is 3.72. The zero-order valence-electron chi connectivity index (χ0n) is 13.8. The first-order valence-electron chi connectivity index (χ1n) is 7.87. The molecular weight excluding hydrogens is 432 g/mol. The summed E-state index contributed by atoms with van der Waals surface area (Å²) in [5, 5.41) is 7.99. The van der Waals surface area contributed by atoms with Crippen molar-refractivity contribution in [1.29, 1.82) is 0 Å². The van der Waals surface area contributed by atoms with Gasteiger partial charge in [0.15, 0.2) is 0 Å². The van der Waals surface area contributed by atoms with Crippen LogP contribution < -0.4 is 4.72 Å². The van der Waals surface area contributed by atoms with Gasteiger partial charge in [0.25, 0.3) is 15.9 Å². The van der Waals surface area contributed by atoms with Crippen molar-refractivity contribution in [2.75, 3.05) is 4.72 Å². The molecule has 0 atom stereocenters. The van der Waals surface area contributed by atoms with Crippen LogP contribution in [0.15, 0.2) is 80.6 Å². The second-order valence-electron chi connectivity index (χ2n) is 5.64. The largest absolute Gasteiger partial charge is 0.415 e. The van der Waals surface area contributed by atoms with Crippen LogP contribution in [0.5, 0.6) is 0 Å². The van der Waals surface area contributed by atoms with E-state index in [1.165, 1.54) is 12.3 Å². The Morgan fingerprint density at radius 3 is 2.52 bits per heavy atom. The fourth-order valence-electron chi connectivity index (χ4n) is 2.45. The molecule has 9 heteroatoms. The molecule has 4 aromatic rings. The van der Waals surface area contributed by atoms with Crippen molar-refractivity contribution < 1.29 is 12.8 Å². The van der Waals surface area contributed by atoms with Gasteiger partial charge in [-0.25, -0.2) is 8.42 Å². The van der Waals surface area contributed by atoms with Crippen molar-refractivity contribution in [3.05, 3.63) is 71.3 Å². The third kappa shape index (κ3) is 3.79. The molecule has 0 aliphatic heterocycles. The average molecular weight is 445 g/mol. The smallest absolute Gasteiger partial charge is 0.264 e. The highest BCUT2D eigenvalue weighted by Gasteiger charge is 2.19. The van der Waals surface area contributed by atoms with Crippen LogP contribution in [0.2, 0.25) is 0 Å². The van der Waals surface area contributed by atoms with E-state index >= 15 is 0 Å².